The first-order valence-corrected chi connectivity index (χ1v) is 35.9. The molecule has 0 saturated carbocycles. The van der Waals surface area contributed by atoms with Crippen LogP contribution in [0.1, 0.15) is 374 Å². The van der Waals surface area contributed by atoms with Crippen LogP contribution in [0, 0.1) is 0 Å². The van der Waals surface area contributed by atoms with Crippen molar-refractivity contribution in [3.63, 3.8) is 0 Å². The number of unbranched alkanes of at least 4 members (excludes halogenated alkanes) is 43. The van der Waals surface area contributed by atoms with E-state index in [-0.39, 0.29) is 31.1 Å². The van der Waals surface area contributed by atoms with Crippen LogP contribution in [0.5, 0.6) is 0 Å². The van der Waals surface area contributed by atoms with Gasteiger partial charge in [0.15, 0.2) is 6.10 Å². The van der Waals surface area contributed by atoms with Crippen LogP contribution in [0.2, 0.25) is 0 Å². The van der Waals surface area contributed by atoms with Crippen LogP contribution < -0.4 is 0 Å². The monoisotopic (exact) mass is 1150 g/mol. The van der Waals surface area contributed by atoms with Crippen molar-refractivity contribution in [2.24, 2.45) is 0 Å². The minimum Gasteiger partial charge on any atom is -0.462 e. The zero-order valence-corrected chi connectivity index (χ0v) is 54.8. The Balaban J connectivity index is 4.34. The number of allylic oxidation sites excluding steroid dienone is 12. The van der Waals surface area contributed by atoms with Gasteiger partial charge in [0.05, 0.1) is 0 Å². The van der Waals surface area contributed by atoms with E-state index >= 15 is 0 Å². The number of hydrogen-bond acceptors (Lipinski definition) is 6. The lowest BCUT2D eigenvalue weighted by molar-refractivity contribution is -0.167. The van der Waals surface area contributed by atoms with Gasteiger partial charge in [-0.3, -0.25) is 14.4 Å². The van der Waals surface area contributed by atoms with E-state index in [0.717, 1.165) is 89.9 Å². The standard InChI is InChI=1S/C76H136O6/c1-4-7-10-13-16-19-22-25-28-31-33-35-37-38-40-41-43-45-48-51-54-57-60-63-66-69-75(78)81-72-73(71-80-74(77)68-65-62-59-56-53-50-47-30-27-24-21-18-15-12-9-6-3)82-76(79)70-67-64-61-58-55-52-49-46-44-42-39-36-34-32-29-26-23-20-17-14-11-8-5-2/h22-23,25-26,30-34,39,42,47,73H,4-21,24,27-29,35-38,40-41,43-46,48-72H2,1-3H3/b25-22-,26-23-,33-31-,34-32-,42-39-,47-30-. The predicted molar refractivity (Wildman–Crippen MR) is 358 cm³/mol. The third-order valence-electron chi connectivity index (χ3n) is 15.9. The van der Waals surface area contributed by atoms with Gasteiger partial charge in [-0.15, -0.1) is 0 Å². The predicted octanol–water partition coefficient (Wildman–Crippen LogP) is 24.8. The summed E-state index contributed by atoms with van der Waals surface area (Å²) >= 11 is 0. The Morgan fingerprint density at radius 3 is 0.695 bits per heavy atom. The molecule has 82 heavy (non-hydrogen) atoms. The molecule has 0 aliphatic carbocycles. The molecule has 0 aromatic heterocycles. The molecule has 0 radical (unpaired) electrons. The third-order valence-corrected chi connectivity index (χ3v) is 15.9. The van der Waals surface area contributed by atoms with Crippen LogP contribution in [-0.4, -0.2) is 37.2 Å². The van der Waals surface area contributed by atoms with Crippen molar-refractivity contribution in [3.8, 4) is 0 Å². The van der Waals surface area contributed by atoms with Crippen LogP contribution in [0.15, 0.2) is 72.9 Å². The second-order valence-corrected chi connectivity index (χ2v) is 24.1. The molecule has 0 heterocycles. The summed E-state index contributed by atoms with van der Waals surface area (Å²) in [6.45, 7) is 6.66. The first kappa shape index (κ1) is 78.8. The van der Waals surface area contributed by atoms with Gasteiger partial charge in [-0.25, -0.2) is 0 Å². The van der Waals surface area contributed by atoms with Crippen molar-refractivity contribution in [2.75, 3.05) is 13.2 Å². The van der Waals surface area contributed by atoms with Crippen molar-refractivity contribution in [3.05, 3.63) is 72.9 Å². The molecule has 6 nitrogen and oxygen atoms in total. The van der Waals surface area contributed by atoms with E-state index in [1.807, 2.05) is 0 Å². The number of esters is 3. The molecular formula is C76H136O6. The van der Waals surface area contributed by atoms with Gasteiger partial charge in [-0.1, -0.05) is 312 Å². The summed E-state index contributed by atoms with van der Waals surface area (Å²) in [6, 6.07) is 0. The Morgan fingerprint density at radius 2 is 0.439 bits per heavy atom. The SMILES string of the molecule is CCCCCCC/C=C\C/C=C\C/C=C\CCCCCCCCCCC(=O)OC(COC(=O)CCCCCCC/C=C\CCCCCCCCC)COC(=O)CCCCCCCCCCCCCCC/C=C\C/C=C\CCCCCCC. The molecule has 0 fully saturated rings. The van der Waals surface area contributed by atoms with Gasteiger partial charge in [0.2, 0.25) is 0 Å². The van der Waals surface area contributed by atoms with Crippen LogP contribution in [0.4, 0.5) is 0 Å². The van der Waals surface area contributed by atoms with E-state index in [2.05, 4.69) is 93.7 Å². The molecule has 0 aromatic carbocycles. The lowest BCUT2D eigenvalue weighted by atomic mass is 10.0. The first-order chi connectivity index (χ1) is 40.5. The Morgan fingerprint density at radius 1 is 0.244 bits per heavy atom. The van der Waals surface area contributed by atoms with Crippen molar-refractivity contribution < 1.29 is 28.6 Å². The fourth-order valence-corrected chi connectivity index (χ4v) is 10.5. The van der Waals surface area contributed by atoms with E-state index in [0.29, 0.717) is 19.3 Å². The average Bonchev–Trinajstić information content (AvgIpc) is 3.47. The molecule has 0 saturated heterocycles. The Bertz CT molecular complexity index is 1500. The second-order valence-electron chi connectivity index (χ2n) is 24.1. The zero-order chi connectivity index (χ0) is 59.2. The molecule has 0 amide bonds. The van der Waals surface area contributed by atoms with Crippen LogP contribution in [-0.2, 0) is 28.6 Å². The third kappa shape index (κ3) is 67.6. The van der Waals surface area contributed by atoms with E-state index < -0.39 is 6.10 Å². The summed E-state index contributed by atoms with van der Waals surface area (Å²) in [7, 11) is 0. The highest BCUT2D eigenvalue weighted by Crippen LogP contribution is 2.17. The van der Waals surface area contributed by atoms with E-state index in [9.17, 15) is 14.4 Å². The van der Waals surface area contributed by atoms with Gasteiger partial charge in [0.1, 0.15) is 13.2 Å². The Labute approximate surface area is 510 Å². The summed E-state index contributed by atoms with van der Waals surface area (Å²) in [5, 5.41) is 0. The van der Waals surface area contributed by atoms with Crippen molar-refractivity contribution >= 4 is 17.9 Å². The van der Waals surface area contributed by atoms with E-state index in [4.69, 9.17) is 14.2 Å². The first-order valence-electron chi connectivity index (χ1n) is 35.9. The van der Waals surface area contributed by atoms with Crippen molar-refractivity contribution in [2.45, 2.75) is 380 Å². The summed E-state index contributed by atoms with van der Waals surface area (Å²) < 4.78 is 17.0. The highest BCUT2D eigenvalue weighted by Gasteiger charge is 2.19. The van der Waals surface area contributed by atoms with Crippen LogP contribution in [0.3, 0.4) is 0 Å². The van der Waals surface area contributed by atoms with E-state index in [1.165, 1.54) is 244 Å². The maximum Gasteiger partial charge on any atom is 0.306 e. The summed E-state index contributed by atoms with van der Waals surface area (Å²) in [5.74, 6) is -0.875. The van der Waals surface area contributed by atoms with Gasteiger partial charge < -0.3 is 14.2 Å². The fraction of sp³-hybridized carbons (Fsp3) is 0.803. The number of carbonyl (C=O) groups is 3. The molecule has 0 rings (SSSR count). The van der Waals surface area contributed by atoms with Gasteiger partial charge >= 0.3 is 17.9 Å². The van der Waals surface area contributed by atoms with Crippen molar-refractivity contribution in [1.82, 2.24) is 0 Å². The minimum absolute atomic E-state index is 0.0792. The number of carbonyl (C=O) groups excluding carboxylic acids is 3. The largest absolute Gasteiger partial charge is 0.462 e. The molecular weight excluding hydrogens is 1010 g/mol. The lowest BCUT2D eigenvalue weighted by Crippen LogP contribution is -2.30. The highest BCUT2D eigenvalue weighted by atomic mass is 16.6. The Kier molecular flexibility index (Phi) is 67.6. The number of hydrogen-bond donors (Lipinski definition) is 0. The molecule has 6 heteroatoms. The smallest absolute Gasteiger partial charge is 0.306 e. The molecule has 0 aromatic rings. The van der Waals surface area contributed by atoms with Crippen LogP contribution >= 0.6 is 0 Å². The fourth-order valence-electron chi connectivity index (χ4n) is 10.5. The number of ether oxygens (including phenoxy) is 3. The van der Waals surface area contributed by atoms with Crippen molar-refractivity contribution in [1.29, 1.82) is 0 Å². The number of rotatable bonds is 66. The van der Waals surface area contributed by atoms with Gasteiger partial charge in [-0.05, 0) is 116 Å². The molecule has 1 unspecified atom stereocenters. The normalized spacial score (nSPS) is 12.5. The van der Waals surface area contributed by atoms with Gasteiger partial charge in [0.25, 0.3) is 0 Å². The minimum atomic E-state index is -0.785. The molecule has 476 valence electrons. The Hall–Kier alpha value is -3.15. The maximum atomic E-state index is 13.0. The second kappa shape index (κ2) is 70.3. The lowest BCUT2D eigenvalue weighted by Gasteiger charge is -2.18. The van der Waals surface area contributed by atoms with E-state index in [1.54, 1.807) is 0 Å². The molecule has 0 aliphatic heterocycles. The van der Waals surface area contributed by atoms with Crippen LogP contribution in [0.25, 0.3) is 0 Å². The summed E-state index contributed by atoms with van der Waals surface area (Å²) in [5.41, 5.74) is 0. The summed E-state index contributed by atoms with van der Waals surface area (Å²) in [6.07, 6.45) is 92.1. The highest BCUT2D eigenvalue weighted by molar-refractivity contribution is 5.71. The topological polar surface area (TPSA) is 78.9 Å². The molecule has 0 N–H and O–H groups in total. The molecule has 0 spiro atoms. The molecule has 0 bridgehead atoms. The zero-order valence-electron chi connectivity index (χ0n) is 54.8. The maximum absolute atomic E-state index is 13.0. The quantitative estimate of drug-likeness (QED) is 0.0261. The molecule has 0 aliphatic rings. The van der Waals surface area contributed by atoms with Gasteiger partial charge in [0, 0.05) is 19.3 Å². The average molecular weight is 1150 g/mol. The van der Waals surface area contributed by atoms with Gasteiger partial charge in [-0.2, -0.15) is 0 Å². The summed E-state index contributed by atoms with van der Waals surface area (Å²) in [4.78, 5) is 38.5. The molecule has 1 atom stereocenters.